The Morgan fingerprint density at radius 3 is 2.76 bits per heavy atom. The van der Waals surface area contributed by atoms with Gasteiger partial charge in [-0.2, -0.15) is 0 Å². The predicted octanol–water partition coefficient (Wildman–Crippen LogP) is 2.17. The summed E-state index contributed by atoms with van der Waals surface area (Å²) in [5.74, 6) is 0. The summed E-state index contributed by atoms with van der Waals surface area (Å²) in [4.78, 5) is 9.47. The predicted molar refractivity (Wildman–Crippen MR) is 88.4 cm³/mol. The molecule has 1 aromatic rings. The van der Waals surface area contributed by atoms with Crippen LogP contribution >= 0.6 is 11.3 Å². The fourth-order valence-electron chi connectivity index (χ4n) is 3.87. The topological polar surface area (TPSA) is 45.4 Å². The van der Waals surface area contributed by atoms with Gasteiger partial charge in [-0.15, -0.1) is 11.3 Å². The molecule has 3 rings (SSSR count). The highest BCUT2D eigenvalue weighted by Gasteiger charge is 2.56. The molecule has 1 saturated carbocycles. The van der Waals surface area contributed by atoms with Crippen LogP contribution in [0.5, 0.6) is 0 Å². The van der Waals surface area contributed by atoms with Gasteiger partial charge in [0.15, 0.2) is 0 Å². The van der Waals surface area contributed by atoms with Crippen molar-refractivity contribution < 1.29 is 0 Å². The number of thiazole rings is 1. The van der Waals surface area contributed by atoms with Crippen LogP contribution in [0.25, 0.3) is 0 Å². The Bertz CT molecular complexity index is 457. The molecule has 2 heterocycles. The number of hydrogen-bond donors (Lipinski definition) is 1. The monoisotopic (exact) mass is 308 g/mol. The maximum Gasteiger partial charge on any atom is 0.107 e. The van der Waals surface area contributed by atoms with E-state index in [9.17, 15) is 0 Å². The molecule has 0 aromatic carbocycles. The van der Waals surface area contributed by atoms with Crippen LogP contribution in [-0.2, 0) is 6.54 Å². The van der Waals surface area contributed by atoms with Crippen LogP contribution < -0.4 is 5.73 Å². The van der Waals surface area contributed by atoms with E-state index in [4.69, 9.17) is 5.73 Å². The van der Waals surface area contributed by atoms with Crippen LogP contribution in [0.1, 0.15) is 38.1 Å². The summed E-state index contributed by atoms with van der Waals surface area (Å²) in [5, 5.41) is 3.31. The molecular weight excluding hydrogens is 280 g/mol. The molecule has 2 aliphatic rings. The van der Waals surface area contributed by atoms with Gasteiger partial charge in [0.2, 0.25) is 0 Å². The second-order valence-electron chi connectivity index (χ2n) is 7.69. The van der Waals surface area contributed by atoms with Crippen molar-refractivity contribution >= 4 is 11.3 Å². The molecule has 0 bridgehead atoms. The number of rotatable bonds is 5. The van der Waals surface area contributed by atoms with Crippen molar-refractivity contribution in [2.45, 2.75) is 51.2 Å². The molecule has 1 atom stereocenters. The van der Waals surface area contributed by atoms with E-state index in [1.807, 2.05) is 6.20 Å². The maximum absolute atomic E-state index is 6.15. The first kappa shape index (κ1) is 15.4. The van der Waals surface area contributed by atoms with Crippen molar-refractivity contribution in [3.8, 4) is 0 Å². The van der Waals surface area contributed by atoms with Crippen LogP contribution in [0, 0.1) is 5.41 Å². The highest BCUT2D eigenvalue weighted by atomic mass is 32.1. The minimum atomic E-state index is -0.0743. The lowest BCUT2D eigenvalue weighted by molar-refractivity contribution is 0.127. The van der Waals surface area contributed by atoms with Gasteiger partial charge in [-0.05, 0) is 58.7 Å². The molecule has 21 heavy (non-hydrogen) atoms. The zero-order valence-electron chi connectivity index (χ0n) is 13.5. The van der Waals surface area contributed by atoms with E-state index < -0.39 is 0 Å². The van der Waals surface area contributed by atoms with E-state index in [1.165, 1.54) is 37.4 Å². The molecule has 2 fully saturated rings. The van der Waals surface area contributed by atoms with Crippen molar-refractivity contribution in [1.82, 2.24) is 14.8 Å². The van der Waals surface area contributed by atoms with Crippen LogP contribution in [-0.4, -0.2) is 53.0 Å². The lowest BCUT2D eigenvalue weighted by atomic mass is 9.91. The van der Waals surface area contributed by atoms with Gasteiger partial charge in [-0.25, -0.2) is 4.98 Å². The molecule has 0 radical (unpaired) electrons. The van der Waals surface area contributed by atoms with Crippen molar-refractivity contribution in [2.24, 2.45) is 11.1 Å². The van der Waals surface area contributed by atoms with E-state index >= 15 is 0 Å². The van der Waals surface area contributed by atoms with Crippen molar-refractivity contribution in [3.05, 3.63) is 16.6 Å². The van der Waals surface area contributed by atoms with Crippen molar-refractivity contribution in [2.75, 3.05) is 26.7 Å². The number of aromatic nitrogens is 1. The van der Waals surface area contributed by atoms with Gasteiger partial charge >= 0.3 is 0 Å². The van der Waals surface area contributed by atoms with E-state index in [0.717, 1.165) is 19.1 Å². The highest BCUT2D eigenvalue weighted by Crippen LogP contribution is 2.56. The minimum absolute atomic E-state index is 0.0743. The first-order chi connectivity index (χ1) is 9.88. The molecule has 4 nitrogen and oxygen atoms in total. The third kappa shape index (κ3) is 3.65. The zero-order valence-corrected chi connectivity index (χ0v) is 14.3. The largest absolute Gasteiger partial charge is 0.324 e. The third-order valence-corrected chi connectivity index (χ3v) is 5.79. The van der Waals surface area contributed by atoms with Crippen LogP contribution in [0.3, 0.4) is 0 Å². The normalized spacial score (nSPS) is 25.7. The number of likely N-dealkylation sites (tertiary alicyclic amines) is 1. The number of nitrogens with zero attached hydrogens (tertiary/aromatic N) is 3. The molecule has 1 aliphatic carbocycles. The summed E-state index contributed by atoms with van der Waals surface area (Å²) in [6.07, 6.45) is 5.93. The Kier molecular flexibility index (Phi) is 4.12. The van der Waals surface area contributed by atoms with Gasteiger partial charge in [0.25, 0.3) is 0 Å². The first-order valence-corrected chi connectivity index (χ1v) is 8.86. The maximum atomic E-state index is 6.15. The summed E-state index contributed by atoms with van der Waals surface area (Å²) in [5.41, 5.74) is 6.66. The van der Waals surface area contributed by atoms with Gasteiger partial charge in [0, 0.05) is 29.7 Å². The smallest absolute Gasteiger partial charge is 0.107 e. The Labute approximate surface area is 132 Å². The van der Waals surface area contributed by atoms with Gasteiger partial charge in [0.1, 0.15) is 5.01 Å². The van der Waals surface area contributed by atoms with Gasteiger partial charge < -0.3 is 10.6 Å². The molecule has 1 unspecified atom stereocenters. The molecule has 1 aromatic heterocycles. The lowest BCUT2D eigenvalue weighted by Crippen LogP contribution is -2.48. The van der Waals surface area contributed by atoms with E-state index in [0.29, 0.717) is 5.41 Å². The Morgan fingerprint density at radius 1 is 1.48 bits per heavy atom. The summed E-state index contributed by atoms with van der Waals surface area (Å²) >= 11 is 1.76. The number of hydrogen-bond acceptors (Lipinski definition) is 5. The van der Waals surface area contributed by atoms with Gasteiger partial charge in [0.05, 0.1) is 6.54 Å². The Morgan fingerprint density at radius 2 is 2.19 bits per heavy atom. The molecular formula is C16H28N4S. The molecule has 0 amide bonds. The summed E-state index contributed by atoms with van der Waals surface area (Å²) < 4.78 is 0. The third-order valence-electron chi connectivity index (χ3n) is 5.03. The number of piperidine rings is 1. The second-order valence-corrected chi connectivity index (χ2v) is 8.67. The Hall–Kier alpha value is -0.490. The standard InChI is InChI=1S/C16H28N4S/c1-15(2,17)12-20-7-4-16(5-8-20)10-13(16)19(3)11-14-18-6-9-21-14/h6,9,13H,4-5,7-8,10-12,17H2,1-3H3. The van der Waals surface area contributed by atoms with E-state index in [-0.39, 0.29) is 5.54 Å². The molecule has 1 spiro atoms. The van der Waals surface area contributed by atoms with Crippen LogP contribution in [0.2, 0.25) is 0 Å². The van der Waals surface area contributed by atoms with E-state index in [2.05, 4.69) is 41.1 Å². The average Bonchev–Trinajstić information content (AvgIpc) is 2.84. The number of nitrogens with two attached hydrogens (primary N) is 1. The second kappa shape index (κ2) is 5.61. The summed E-state index contributed by atoms with van der Waals surface area (Å²) in [6, 6.07) is 0.759. The van der Waals surface area contributed by atoms with Gasteiger partial charge in [-0.3, -0.25) is 4.90 Å². The fourth-order valence-corrected chi connectivity index (χ4v) is 4.55. The van der Waals surface area contributed by atoms with Gasteiger partial charge in [-0.1, -0.05) is 0 Å². The molecule has 1 saturated heterocycles. The SMILES string of the molecule is CN(Cc1nccs1)C1CC12CCN(CC(C)(C)N)CC2. The van der Waals surface area contributed by atoms with Crippen LogP contribution in [0.15, 0.2) is 11.6 Å². The average molecular weight is 308 g/mol. The fraction of sp³-hybridized carbons (Fsp3) is 0.812. The first-order valence-electron chi connectivity index (χ1n) is 7.98. The van der Waals surface area contributed by atoms with Crippen LogP contribution in [0.4, 0.5) is 0 Å². The minimum Gasteiger partial charge on any atom is -0.324 e. The highest BCUT2D eigenvalue weighted by molar-refractivity contribution is 7.09. The zero-order chi connectivity index (χ0) is 15.1. The van der Waals surface area contributed by atoms with E-state index in [1.54, 1.807) is 11.3 Å². The summed E-state index contributed by atoms with van der Waals surface area (Å²) in [7, 11) is 2.26. The van der Waals surface area contributed by atoms with Crippen molar-refractivity contribution in [3.63, 3.8) is 0 Å². The summed E-state index contributed by atoms with van der Waals surface area (Å²) in [6.45, 7) is 8.69. The Balaban J connectivity index is 1.49. The van der Waals surface area contributed by atoms with Crippen molar-refractivity contribution in [1.29, 1.82) is 0 Å². The molecule has 1 aliphatic heterocycles. The molecule has 5 heteroatoms. The quantitative estimate of drug-likeness (QED) is 0.905. The lowest BCUT2D eigenvalue weighted by Gasteiger charge is -2.37. The molecule has 2 N–H and O–H groups in total. The molecule has 118 valence electrons.